The van der Waals surface area contributed by atoms with E-state index in [0.29, 0.717) is 10.7 Å². The highest BCUT2D eigenvalue weighted by Crippen LogP contribution is 2.36. The van der Waals surface area contributed by atoms with Gasteiger partial charge < -0.3 is 14.0 Å². The number of aryl methyl sites for hydroxylation is 1. The quantitative estimate of drug-likeness (QED) is 0.603. The van der Waals surface area contributed by atoms with E-state index in [4.69, 9.17) is 15.9 Å². The van der Waals surface area contributed by atoms with E-state index in [9.17, 15) is 9.59 Å². The highest BCUT2D eigenvalue weighted by Gasteiger charge is 2.34. The Hall–Kier alpha value is -3.11. The van der Waals surface area contributed by atoms with E-state index in [1.807, 2.05) is 38.1 Å². The number of benzene rings is 1. The summed E-state index contributed by atoms with van der Waals surface area (Å²) in [6.07, 6.45) is 6.98. The molecule has 136 valence electrons. The summed E-state index contributed by atoms with van der Waals surface area (Å²) in [6.45, 7) is 4.16. The first kappa shape index (κ1) is 17.3. The number of carbonyl (C=O) groups is 2. The molecule has 3 heterocycles. The van der Waals surface area contributed by atoms with Crippen molar-refractivity contribution in [1.82, 2.24) is 9.47 Å². The van der Waals surface area contributed by atoms with Crippen LogP contribution in [0.4, 0.5) is 4.79 Å². The predicted molar refractivity (Wildman–Crippen MR) is 103 cm³/mol. The van der Waals surface area contributed by atoms with Gasteiger partial charge in [-0.1, -0.05) is 5.92 Å². The normalized spacial score (nSPS) is 17.1. The monoisotopic (exact) mass is 380 g/mol. The van der Waals surface area contributed by atoms with Gasteiger partial charge in [0.15, 0.2) is 11.5 Å². The van der Waals surface area contributed by atoms with E-state index in [-0.39, 0.29) is 24.5 Å². The van der Waals surface area contributed by atoms with Gasteiger partial charge in [-0.15, -0.1) is 6.42 Å². The Kier molecular flexibility index (Phi) is 4.21. The first-order valence-corrected chi connectivity index (χ1v) is 9.09. The number of fused-ring (bicyclic) bond motifs is 1. The number of hydrogen-bond donors (Lipinski definition) is 0. The fourth-order valence-corrected chi connectivity index (χ4v) is 4.05. The molecule has 1 aromatic heterocycles. The van der Waals surface area contributed by atoms with Gasteiger partial charge in [-0.25, -0.2) is 0 Å². The number of terminal acetylenes is 1. The molecule has 27 heavy (non-hydrogen) atoms. The van der Waals surface area contributed by atoms with Gasteiger partial charge in [-0.3, -0.25) is 14.5 Å². The summed E-state index contributed by atoms with van der Waals surface area (Å²) in [5.41, 5.74) is 3.77. The number of amides is 2. The van der Waals surface area contributed by atoms with Crippen molar-refractivity contribution in [2.45, 2.75) is 13.8 Å². The number of aromatic nitrogens is 1. The summed E-state index contributed by atoms with van der Waals surface area (Å²) >= 11 is 0.910. The Morgan fingerprint density at radius 2 is 2.00 bits per heavy atom. The molecule has 0 spiro atoms. The van der Waals surface area contributed by atoms with Gasteiger partial charge >= 0.3 is 0 Å². The Morgan fingerprint density at radius 1 is 1.22 bits per heavy atom. The first-order valence-electron chi connectivity index (χ1n) is 8.27. The topological polar surface area (TPSA) is 60.8 Å². The Labute approximate surface area is 160 Å². The van der Waals surface area contributed by atoms with Crippen LogP contribution in [0.2, 0.25) is 0 Å². The van der Waals surface area contributed by atoms with Crippen molar-refractivity contribution in [2.75, 3.05) is 13.3 Å². The molecule has 6 nitrogen and oxygen atoms in total. The number of rotatable bonds is 3. The van der Waals surface area contributed by atoms with E-state index in [1.165, 1.54) is 0 Å². The van der Waals surface area contributed by atoms with Crippen molar-refractivity contribution >= 4 is 29.0 Å². The zero-order valence-corrected chi connectivity index (χ0v) is 15.6. The van der Waals surface area contributed by atoms with E-state index in [0.717, 1.165) is 45.1 Å². The van der Waals surface area contributed by atoms with Crippen LogP contribution in [0.15, 0.2) is 29.2 Å². The second kappa shape index (κ2) is 6.56. The molecule has 1 aromatic carbocycles. The Bertz CT molecular complexity index is 1040. The summed E-state index contributed by atoms with van der Waals surface area (Å²) in [5.74, 6) is 3.42. The summed E-state index contributed by atoms with van der Waals surface area (Å²) < 4.78 is 12.9. The number of hydrogen-bond acceptors (Lipinski definition) is 5. The first-order chi connectivity index (χ1) is 13.0. The lowest BCUT2D eigenvalue weighted by atomic mass is 10.2. The maximum absolute atomic E-state index is 12.4. The van der Waals surface area contributed by atoms with E-state index >= 15 is 0 Å². The summed E-state index contributed by atoms with van der Waals surface area (Å²) in [4.78, 5) is 25.8. The molecule has 2 amide bonds. The average molecular weight is 380 g/mol. The van der Waals surface area contributed by atoms with Crippen LogP contribution in [0.3, 0.4) is 0 Å². The van der Waals surface area contributed by atoms with Crippen molar-refractivity contribution in [3.05, 3.63) is 46.1 Å². The van der Waals surface area contributed by atoms with Gasteiger partial charge in [0.05, 0.1) is 11.4 Å². The van der Waals surface area contributed by atoms with Crippen molar-refractivity contribution in [1.29, 1.82) is 0 Å². The van der Waals surface area contributed by atoms with Gasteiger partial charge in [0.2, 0.25) is 6.79 Å². The van der Waals surface area contributed by atoms with E-state index < -0.39 is 0 Å². The molecule has 1 saturated heterocycles. The number of ether oxygens (including phenoxy) is 2. The van der Waals surface area contributed by atoms with Crippen LogP contribution in [0.25, 0.3) is 11.8 Å². The SMILES string of the molecule is C#CCN1C(=O)SC(=Cc2cc(C)n(-c3ccc4c(c3)OCO4)c2C)C1=O. The van der Waals surface area contributed by atoms with Crippen LogP contribution in [0.5, 0.6) is 11.5 Å². The maximum atomic E-state index is 12.4. The molecule has 2 aromatic rings. The molecule has 0 atom stereocenters. The van der Waals surface area contributed by atoms with Crippen LogP contribution in [-0.2, 0) is 4.79 Å². The van der Waals surface area contributed by atoms with Crippen molar-refractivity contribution in [3.8, 4) is 29.5 Å². The van der Waals surface area contributed by atoms with Crippen molar-refractivity contribution in [3.63, 3.8) is 0 Å². The molecule has 2 aliphatic rings. The zero-order chi connectivity index (χ0) is 19.1. The van der Waals surface area contributed by atoms with Gasteiger partial charge in [0.1, 0.15) is 0 Å². The molecular formula is C20H16N2O4S. The average Bonchev–Trinajstić information content (AvgIpc) is 3.28. The fraction of sp³-hybridized carbons (Fsp3) is 0.200. The molecule has 1 fully saturated rings. The third kappa shape index (κ3) is 2.88. The summed E-state index contributed by atoms with van der Waals surface area (Å²) in [5, 5.41) is -0.339. The van der Waals surface area contributed by atoms with Crippen LogP contribution in [0, 0.1) is 26.2 Å². The molecule has 0 bridgehead atoms. The van der Waals surface area contributed by atoms with Gasteiger partial charge in [-0.05, 0) is 55.4 Å². The third-order valence-electron chi connectivity index (χ3n) is 4.49. The summed E-state index contributed by atoms with van der Waals surface area (Å²) in [7, 11) is 0. The molecule has 0 saturated carbocycles. The minimum atomic E-state index is -0.351. The second-order valence-corrected chi connectivity index (χ2v) is 7.16. The summed E-state index contributed by atoms with van der Waals surface area (Å²) in [6, 6.07) is 7.74. The largest absolute Gasteiger partial charge is 0.454 e. The standard InChI is InChI=1S/C20H16N2O4S/c1-4-7-21-19(23)18(27-20(21)24)9-14-8-12(2)22(13(14)3)15-5-6-16-17(10-15)26-11-25-16/h1,5-6,8-10H,7,11H2,2-3H3. The van der Waals surface area contributed by atoms with Crippen LogP contribution >= 0.6 is 11.8 Å². The van der Waals surface area contributed by atoms with Gasteiger partial charge in [-0.2, -0.15) is 0 Å². The number of imide groups is 1. The molecule has 0 aliphatic carbocycles. The van der Waals surface area contributed by atoms with Gasteiger partial charge in [0, 0.05) is 23.1 Å². The van der Waals surface area contributed by atoms with Crippen LogP contribution in [-0.4, -0.2) is 34.0 Å². The van der Waals surface area contributed by atoms with Crippen LogP contribution < -0.4 is 9.47 Å². The lowest BCUT2D eigenvalue weighted by Gasteiger charge is -2.10. The van der Waals surface area contributed by atoms with Crippen LogP contribution in [0.1, 0.15) is 17.0 Å². The van der Waals surface area contributed by atoms with E-state index in [1.54, 1.807) is 6.08 Å². The number of nitrogens with zero attached hydrogens (tertiary/aromatic N) is 2. The lowest BCUT2D eigenvalue weighted by Crippen LogP contribution is -2.28. The second-order valence-electron chi connectivity index (χ2n) is 6.17. The fourth-order valence-electron chi connectivity index (χ4n) is 3.22. The minimum absolute atomic E-state index is 0.0156. The minimum Gasteiger partial charge on any atom is -0.454 e. The maximum Gasteiger partial charge on any atom is 0.294 e. The zero-order valence-electron chi connectivity index (χ0n) is 14.8. The molecule has 7 heteroatoms. The van der Waals surface area contributed by atoms with Crippen molar-refractivity contribution < 1.29 is 19.1 Å². The van der Waals surface area contributed by atoms with E-state index in [2.05, 4.69) is 10.5 Å². The number of carbonyl (C=O) groups excluding carboxylic acids is 2. The molecule has 4 rings (SSSR count). The molecule has 0 N–H and O–H groups in total. The smallest absolute Gasteiger partial charge is 0.294 e. The predicted octanol–water partition coefficient (Wildman–Crippen LogP) is 3.49. The van der Waals surface area contributed by atoms with Crippen molar-refractivity contribution in [2.24, 2.45) is 0 Å². The molecule has 0 unspecified atom stereocenters. The lowest BCUT2D eigenvalue weighted by molar-refractivity contribution is -0.122. The Morgan fingerprint density at radius 3 is 2.78 bits per heavy atom. The molecule has 0 radical (unpaired) electrons. The third-order valence-corrected chi connectivity index (χ3v) is 5.40. The highest BCUT2D eigenvalue weighted by atomic mass is 32.2. The molecular weight excluding hydrogens is 364 g/mol. The molecule has 2 aliphatic heterocycles. The Balaban J connectivity index is 1.71. The van der Waals surface area contributed by atoms with Gasteiger partial charge in [0.25, 0.3) is 11.1 Å². The highest BCUT2D eigenvalue weighted by molar-refractivity contribution is 8.18. The number of thioether (sulfide) groups is 1.